The first-order valence-electron chi connectivity index (χ1n) is 6.92. The molecule has 4 rings (SSSR count). The van der Waals surface area contributed by atoms with Crippen molar-refractivity contribution in [3.8, 4) is 0 Å². The van der Waals surface area contributed by atoms with Gasteiger partial charge in [-0.3, -0.25) is 0 Å². The summed E-state index contributed by atoms with van der Waals surface area (Å²) in [6, 6.07) is 8.88. The molecular formula is C15H14FN5. The van der Waals surface area contributed by atoms with Crippen molar-refractivity contribution < 1.29 is 4.39 Å². The Hall–Kier alpha value is -2.50. The van der Waals surface area contributed by atoms with Crippen molar-refractivity contribution in [1.82, 2.24) is 19.8 Å². The first kappa shape index (κ1) is 12.3. The van der Waals surface area contributed by atoms with Crippen LogP contribution in [0.2, 0.25) is 0 Å². The van der Waals surface area contributed by atoms with Gasteiger partial charge < -0.3 is 4.90 Å². The number of aryl methyl sites for hydroxylation is 1. The molecular weight excluding hydrogens is 269 g/mol. The lowest BCUT2D eigenvalue weighted by molar-refractivity contribution is 0.618. The van der Waals surface area contributed by atoms with E-state index in [1.807, 2.05) is 25.1 Å². The van der Waals surface area contributed by atoms with Gasteiger partial charge in [0.05, 0.1) is 0 Å². The summed E-state index contributed by atoms with van der Waals surface area (Å²) in [6.07, 6.45) is 0.827. The third-order valence-electron chi connectivity index (χ3n) is 3.91. The average Bonchev–Trinajstić information content (AvgIpc) is 2.88. The van der Waals surface area contributed by atoms with Gasteiger partial charge in [0, 0.05) is 13.1 Å². The number of hydrogen-bond donors (Lipinski definition) is 0. The van der Waals surface area contributed by atoms with Crippen LogP contribution in [0.1, 0.15) is 17.0 Å². The summed E-state index contributed by atoms with van der Waals surface area (Å²) in [7, 11) is 0. The van der Waals surface area contributed by atoms with E-state index in [0.717, 1.165) is 47.9 Å². The lowest BCUT2D eigenvalue weighted by Gasteiger charge is -2.29. The second-order valence-electron chi connectivity index (χ2n) is 5.29. The van der Waals surface area contributed by atoms with Crippen LogP contribution < -0.4 is 4.90 Å². The Morgan fingerprint density at radius 2 is 2.00 bits per heavy atom. The van der Waals surface area contributed by atoms with Gasteiger partial charge in [-0.2, -0.15) is 4.52 Å². The van der Waals surface area contributed by atoms with Crippen LogP contribution in [0.25, 0.3) is 5.65 Å². The molecule has 0 atom stereocenters. The van der Waals surface area contributed by atoms with Crippen LogP contribution in [-0.2, 0) is 13.0 Å². The van der Waals surface area contributed by atoms with Crippen LogP contribution in [0.5, 0.6) is 0 Å². The summed E-state index contributed by atoms with van der Waals surface area (Å²) in [5.74, 6) is 1.49. The zero-order valence-corrected chi connectivity index (χ0v) is 11.6. The number of anilines is 1. The highest BCUT2D eigenvalue weighted by atomic mass is 19.1. The van der Waals surface area contributed by atoms with Gasteiger partial charge in [-0.25, -0.2) is 4.39 Å². The third kappa shape index (κ3) is 2.03. The number of benzene rings is 1. The normalized spacial score (nSPS) is 14.5. The quantitative estimate of drug-likeness (QED) is 0.686. The number of nitrogens with zero attached hydrogens (tertiary/aromatic N) is 5. The molecule has 0 radical (unpaired) electrons. The van der Waals surface area contributed by atoms with Gasteiger partial charge in [0.25, 0.3) is 0 Å². The van der Waals surface area contributed by atoms with Crippen molar-refractivity contribution in [2.75, 3.05) is 11.4 Å². The minimum absolute atomic E-state index is 0.165. The molecule has 0 spiro atoms. The third-order valence-corrected chi connectivity index (χ3v) is 3.91. The maximum absolute atomic E-state index is 13.3. The fraction of sp³-hybridized carbons (Fsp3) is 0.267. The van der Waals surface area contributed by atoms with E-state index in [2.05, 4.69) is 20.2 Å². The van der Waals surface area contributed by atoms with E-state index in [-0.39, 0.29) is 5.82 Å². The second kappa shape index (κ2) is 4.51. The molecule has 1 aromatic carbocycles. The van der Waals surface area contributed by atoms with Crippen molar-refractivity contribution in [3.63, 3.8) is 0 Å². The smallest absolute Gasteiger partial charge is 0.178 e. The Bertz CT molecular complexity index is 826. The molecule has 1 aliphatic rings. The zero-order chi connectivity index (χ0) is 14.4. The molecule has 0 bridgehead atoms. The summed E-state index contributed by atoms with van der Waals surface area (Å²) < 4.78 is 15.0. The average molecular weight is 283 g/mol. The van der Waals surface area contributed by atoms with Gasteiger partial charge in [-0.15, -0.1) is 15.3 Å². The Morgan fingerprint density at radius 1 is 1.10 bits per heavy atom. The highest BCUT2D eigenvalue weighted by Gasteiger charge is 2.18. The molecule has 0 N–H and O–H groups in total. The summed E-state index contributed by atoms with van der Waals surface area (Å²) in [5.41, 5.74) is 2.99. The van der Waals surface area contributed by atoms with E-state index in [4.69, 9.17) is 0 Å². The highest BCUT2D eigenvalue weighted by molar-refractivity contribution is 5.48. The Morgan fingerprint density at radius 3 is 2.90 bits per heavy atom. The minimum atomic E-state index is -0.165. The monoisotopic (exact) mass is 283 g/mol. The van der Waals surface area contributed by atoms with Crippen molar-refractivity contribution in [1.29, 1.82) is 0 Å². The predicted molar refractivity (Wildman–Crippen MR) is 76.7 cm³/mol. The van der Waals surface area contributed by atoms with Gasteiger partial charge in [0.2, 0.25) is 0 Å². The van der Waals surface area contributed by atoms with Crippen LogP contribution in [0.3, 0.4) is 0 Å². The summed E-state index contributed by atoms with van der Waals surface area (Å²) in [4.78, 5) is 2.19. The Kier molecular flexibility index (Phi) is 2.63. The molecule has 3 heterocycles. The van der Waals surface area contributed by atoms with E-state index >= 15 is 0 Å². The van der Waals surface area contributed by atoms with Crippen LogP contribution in [-0.4, -0.2) is 26.4 Å². The van der Waals surface area contributed by atoms with E-state index in [0.29, 0.717) is 0 Å². The van der Waals surface area contributed by atoms with Crippen molar-refractivity contribution >= 4 is 11.5 Å². The van der Waals surface area contributed by atoms with Gasteiger partial charge in [-0.05, 0) is 48.7 Å². The number of hydrogen-bond acceptors (Lipinski definition) is 4. The second-order valence-corrected chi connectivity index (χ2v) is 5.29. The Balaban J connectivity index is 1.70. The molecule has 6 heteroatoms. The van der Waals surface area contributed by atoms with Gasteiger partial charge >= 0.3 is 0 Å². The van der Waals surface area contributed by atoms with Crippen molar-refractivity contribution in [3.05, 3.63) is 53.1 Å². The summed E-state index contributed by atoms with van der Waals surface area (Å²) in [5, 5.41) is 12.7. The van der Waals surface area contributed by atoms with Gasteiger partial charge in [-0.1, -0.05) is 6.07 Å². The van der Waals surface area contributed by atoms with Crippen molar-refractivity contribution in [2.24, 2.45) is 0 Å². The predicted octanol–water partition coefficient (Wildman–Crippen LogP) is 2.13. The minimum Gasteiger partial charge on any atom is -0.351 e. The molecule has 5 nitrogen and oxygen atoms in total. The molecule has 0 aliphatic carbocycles. The zero-order valence-electron chi connectivity index (χ0n) is 11.6. The number of aromatic nitrogens is 4. The lowest BCUT2D eigenvalue weighted by atomic mass is 10.00. The summed E-state index contributed by atoms with van der Waals surface area (Å²) >= 11 is 0. The first-order chi connectivity index (χ1) is 10.2. The molecule has 21 heavy (non-hydrogen) atoms. The van der Waals surface area contributed by atoms with Crippen LogP contribution in [0.15, 0.2) is 30.3 Å². The van der Waals surface area contributed by atoms with E-state index in [1.165, 1.54) is 6.07 Å². The molecule has 3 aromatic rings. The molecule has 0 saturated carbocycles. The first-order valence-corrected chi connectivity index (χ1v) is 6.92. The largest absolute Gasteiger partial charge is 0.351 e. The van der Waals surface area contributed by atoms with Gasteiger partial charge in [0.1, 0.15) is 11.6 Å². The van der Waals surface area contributed by atoms with E-state index < -0.39 is 0 Å². The molecule has 0 amide bonds. The fourth-order valence-electron chi connectivity index (χ4n) is 2.77. The fourth-order valence-corrected chi connectivity index (χ4v) is 2.77. The number of fused-ring (bicyclic) bond motifs is 2. The van der Waals surface area contributed by atoms with E-state index in [9.17, 15) is 4.39 Å². The molecule has 0 unspecified atom stereocenters. The van der Waals surface area contributed by atoms with Crippen LogP contribution in [0.4, 0.5) is 10.2 Å². The van der Waals surface area contributed by atoms with Crippen LogP contribution in [0, 0.1) is 12.7 Å². The maximum Gasteiger partial charge on any atom is 0.178 e. The van der Waals surface area contributed by atoms with Crippen molar-refractivity contribution in [2.45, 2.75) is 19.9 Å². The molecule has 0 fully saturated rings. The molecule has 2 aromatic heterocycles. The maximum atomic E-state index is 13.3. The molecule has 106 valence electrons. The van der Waals surface area contributed by atoms with E-state index in [1.54, 1.807) is 10.6 Å². The lowest BCUT2D eigenvalue weighted by Crippen LogP contribution is -2.31. The number of halogens is 1. The van der Waals surface area contributed by atoms with Crippen LogP contribution >= 0.6 is 0 Å². The topological polar surface area (TPSA) is 46.3 Å². The SMILES string of the molecule is Cc1nnc2ccc(N3CCc4cc(F)ccc4C3)nn12. The standard InChI is InChI=1S/C15H14FN5/c1-10-17-18-14-4-5-15(19-21(10)14)20-7-6-11-8-13(16)3-2-12(11)9-20/h2-5,8H,6-7,9H2,1H3. The van der Waals surface area contributed by atoms with Gasteiger partial charge in [0.15, 0.2) is 11.5 Å². The molecule has 0 saturated heterocycles. The molecule has 1 aliphatic heterocycles. The number of rotatable bonds is 1. The Labute approximate surface area is 121 Å². The highest BCUT2D eigenvalue weighted by Crippen LogP contribution is 2.23. The summed E-state index contributed by atoms with van der Waals surface area (Å²) in [6.45, 7) is 3.45.